The molecule has 202 valence electrons. The number of benzene rings is 1. The third-order valence-corrected chi connectivity index (χ3v) is 5.43. The predicted octanol–water partition coefficient (Wildman–Crippen LogP) is 2.80. The van der Waals surface area contributed by atoms with Crippen molar-refractivity contribution in [1.82, 2.24) is 16.0 Å². The molecule has 0 saturated carbocycles. The second-order valence-electron chi connectivity index (χ2n) is 9.87. The zero-order valence-electron chi connectivity index (χ0n) is 22.4. The van der Waals surface area contributed by atoms with Crippen LogP contribution in [0.4, 0.5) is 4.79 Å². The van der Waals surface area contributed by atoms with E-state index in [2.05, 4.69) is 20.7 Å². The molecule has 10 heteroatoms. The van der Waals surface area contributed by atoms with Gasteiger partial charge < -0.3 is 30.5 Å². The van der Waals surface area contributed by atoms with Crippen LogP contribution in [0.25, 0.3) is 0 Å². The van der Waals surface area contributed by atoms with Crippen LogP contribution in [0.3, 0.4) is 0 Å². The van der Waals surface area contributed by atoms with E-state index < -0.39 is 29.7 Å². The number of hydrogen-bond donors (Lipinski definition) is 4. The lowest BCUT2D eigenvalue weighted by atomic mass is 9.95. The van der Waals surface area contributed by atoms with Gasteiger partial charge >= 0.3 is 12.1 Å². The number of hydrogen-bond acceptors (Lipinski definition) is 7. The molecular formula is C26H41N3O7. The van der Waals surface area contributed by atoms with Crippen LogP contribution in [0.15, 0.2) is 12.1 Å². The highest BCUT2D eigenvalue weighted by molar-refractivity contribution is 5.91. The highest BCUT2D eigenvalue weighted by Gasteiger charge is 2.28. The fraction of sp³-hybridized carbons (Fsp3) is 0.615. The number of ether oxygens (including phenoxy) is 2. The summed E-state index contributed by atoms with van der Waals surface area (Å²) in [6, 6.07) is 1.34. The molecule has 1 aromatic carbocycles. The molecule has 10 nitrogen and oxygen atoms in total. The second-order valence-corrected chi connectivity index (χ2v) is 9.87. The van der Waals surface area contributed by atoms with Crippen molar-refractivity contribution in [2.75, 3.05) is 13.7 Å². The van der Waals surface area contributed by atoms with Gasteiger partial charge in [-0.3, -0.25) is 14.4 Å². The SMILES string of the molecule is COC(=O)CCCCCNC(=O)[C@@H](C)NC(=O)C(Cc1c(C)cc(O)cc1C)NC(=O)OC(C)(C)C. The van der Waals surface area contributed by atoms with Crippen LogP contribution < -0.4 is 16.0 Å². The Morgan fingerprint density at radius 1 is 0.972 bits per heavy atom. The van der Waals surface area contributed by atoms with Crippen molar-refractivity contribution in [3.8, 4) is 5.75 Å². The summed E-state index contributed by atoms with van der Waals surface area (Å²) in [7, 11) is 1.35. The molecular weight excluding hydrogens is 466 g/mol. The monoisotopic (exact) mass is 507 g/mol. The Balaban J connectivity index is 2.79. The van der Waals surface area contributed by atoms with Crippen LogP contribution in [0, 0.1) is 13.8 Å². The first-order chi connectivity index (χ1) is 16.7. The summed E-state index contributed by atoms with van der Waals surface area (Å²) < 4.78 is 9.91. The molecule has 0 saturated heterocycles. The fourth-order valence-corrected chi connectivity index (χ4v) is 3.57. The van der Waals surface area contributed by atoms with E-state index in [9.17, 15) is 24.3 Å². The molecule has 2 atom stereocenters. The number of carbonyl (C=O) groups excluding carboxylic acids is 4. The van der Waals surface area contributed by atoms with Gasteiger partial charge in [0.2, 0.25) is 11.8 Å². The lowest BCUT2D eigenvalue weighted by Crippen LogP contribution is -2.54. The summed E-state index contributed by atoms with van der Waals surface area (Å²) in [6.07, 6.45) is 1.85. The van der Waals surface area contributed by atoms with E-state index in [-0.39, 0.29) is 24.0 Å². The van der Waals surface area contributed by atoms with E-state index in [1.165, 1.54) is 7.11 Å². The molecule has 0 heterocycles. The number of alkyl carbamates (subject to hydrolysis) is 1. The molecule has 1 aromatic rings. The molecule has 0 aliphatic carbocycles. The number of aromatic hydroxyl groups is 1. The third-order valence-electron chi connectivity index (χ3n) is 5.43. The van der Waals surface area contributed by atoms with Crippen LogP contribution in [0.2, 0.25) is 0 Å². The summed E-state index contributed by atoms with van der Waals surface area (Å²) in [5, 5.41) is 17.9. The normalized spacial score (nSPS) is 12.8. The van der Waals surface area contributed by atoms with Gasteiger partial charge in [-0.05, 0) is 83.2 Å². The molecule has 3 amide bonds. The maximum atomic E-state index is 13.1. The summed E-state index contributed by atoms with van der Waals surface area (Å²) >= 11 is 0. The molecule has 0 bridgehead atoms. The minimum absolute atomic E-state index is 0.116. The van der Waals surface area contributed by atoms with Crippen LogP contribution in [0.1, 0.15) is 70.1 Å². The van der Waals surface area contributed by atoms with Gasteiger partial charge in [0.15, 0.2) is 0 Å². The summed E-state index contributed by atoms with van der Waals surface area (Å²) in [6.45, 7) is 10.8. The molecule has 0 radical (unpaired) electrons. The number of esters is 1. The van der Waals surface area contributed by atoms with Crippen molar-refractivity contribution in [1.29, 1.82) is 0 Å². The molecule has 4 N–H and O–H groups in total. The zero-order chi connectivity index (χ0) is 27.5. The summed E-state index contributed by atoms with van der Waals surface area (Å²) in [5.41, 5.74) is 1.59. The highest BCUT2D eigenvalue weighted by Crippen LogP contribution is 2.22. The average Bonchev–Trinajstić information content (AvgIpc) is 2.75. The molecule has 0 fully saturated rings. The Hall–Kier alpha value is -3.30. The van der Waals surface area contributed by atoms with Gasteiger partial charge in [-0.15, -0.1) is 0 Å². The van der Waals surface area contributed by atoms with Crippen LogP contribution in [-0.2, 0) is 30.3 Å². The quantitative estimate of drug-likeness (QED) is 0.252. The van der Waals surface area contributed by atoms with Crippen molar-refractivity contribution >= 4 is 23.9 Å². The Bertz CT molecular complexity index is 902. The van der Waals surface area contributed by atoms with Crippen LogP contribution >= 0.6 is 0 Å². The maximum Gasteiger partial charge on any atom is 0.408 e. The number of amides is 3. The first kappa shape index (κ1) is 30.7. The number of phenolic OH excluding ortho intramolecular Hbond substituents is 1. The fourth-order valence-electron chi connectivity index (χ4n) is 3.57. The smallest absolute Gasteiger partial charge is 0.408 e. The number of rotatable bonds is 12. The maximum absolute atomic E-state index is 13.1. The van der Waals surface area contributed by atoms with Gasteiger partial charge in [-0.2, -0.15) is 0 Å². The first-order valence-electron chi connectivity index (χ1n) is 12.2. The largest absolute Gasteiger partial charge is 0.508 e. The van der Waals surface area contributed by atoms with Gasteiger partial charge in [0, 0.05) is 19.4 Å². The first-order valence-corrected chi connectivity index (χ1v) is 12.2. The molecule has 0 spiro atoms. The van der Waals surface area contributed by atoms with Crippen molar-refractivity contribution in [3.05, 3.63) is 28.8 Å². The number of carbonyl (C=O) groups is 4. The molecule has 0 aliphatic heterocycles. The molecule has 0 aromatic heterocycles. The highest BCUT2D eigenvalue weighted by atomic mass is 16.6. The number of unbranched alkanes of at least 4 members (excludes halogenated alkanes) is 2. The zero-order valence-corrected chi connectivity index (χ0v) is 22.4. The minimum atomic E-state index is -1.00. The van der Waals surface area contributed by atoms with E-state index in [0.717, 1.165) is 23.1 Å². The van der Waals surface area contributed by atoms with Crippen molar-refractivity contribution in [2.24, 2.45) is 0 Å². The molecule has 0 aliphatic rings. The lowest BCUT2D eigenvalue weighted by Gasteiger charge is -2.25. The molecule has 1 unspecified atom stereocenters. The van der Waals surface area contributed by atoms with Gasteiger partial charge in [0.25, 0.3) is 0 Å². The predicted molar refractivity (Wildman–Crippen MR) is 136 cm³/mol. The number of nitrogens with one attached hydrogen (secondary N) is 3. The van der Waals surface area contributed by atoms with Gasteiger partial charge in [-0.1, -0.05) is 6.42 Å². The van der Waals surface area contributed by atoms with Crippen molar-refractivity contribution < 1.29 is 33.8 Å². The minimum Gasteiger partial charge on any atom is -0.508 e. The Labute approximate surface area is 213 Å². The van der Waals surface area contributed by atoms with E-state index in [4.69, 9.17) is 4.74 Å². The number of methoxy groups -OCH3 is 1. The van der Waals surface area contributed by atoms with Crippen molar-refractivity contribution in [3.63, 3.8) is 0 Å². The van der Waals surface area contributed by atoms with Crippen molar-refractivity contribution in [2.45, 2.75) is 91.3 Å². The lowest BCUT2D eigenvalue weighted by molar-refractivity contribution is -0.140. The van der Waals surface area contributed by atoms with Gasteiger partial charge in [-0.25, -0.2) is 4.79 Å². The molecule has 1 rings (SSSR count). The number of aryl methyl sites for hydroxylation is 2. The van der Waals surface area contributed by atoms with Gasteiger partial charge in [0.05, 0.1) is 7.11 Å². The van der Waals surface area contributed by atoms with E-state index in [1.54, 1.807) is 39.8 Å². The van der Waals surface area contributed by atoms with E-state index >= 15 is 0 Å². The Kier molecular flexibility index (Phi) is 12.2. The van der Waals surface area contributed by atoms with E-state index in [0.29, 0.717) is 25.8 Å². The Morgan fingerprint density at radius 3 is 2.14 bits per heavy atom. The summed E-state index contributed by atoms with van der Waals surface area (Å²) in [4.78, 5) is 49.1. The molecule has 36 heavy (non-hydrogen) atoms. The van der Waals surface area contributed by atoms with Gasteiger partial charge in [0.1, 0.15) is 23.4 Å². The van der Waals surface area contributed by atoms with Crippen LogP contribution in [-0.4, -0.2) is 60.3 Å². The number of phenols is 1. The standard InChI is InChI=1S/C26H41N3O7/c1-16-13-19(30)14-17(2)20(16)15-21(29-25(34)36-26(4,5)6)24(33)28-18(3)23(32)27-12-10-8-9-11-22(31)35-7/h13-14,18,21,30H,8-12,15H2,1-7H3,(H,27,32)(H,28,33)(H,29,34)/t18-,21?/m1/s1. The van der Waals surface area contributed by atoms with E-state index in [1.807, 2.05) is 13.8 Å². The Morgan fingerprint density at radius 2 is 1.58 bits per heavy atom. The summed E-state index contributed by atoms with van der Waals surface area (Å²) in [5.74, 6) is -1.04. The average molecular weight is 508 g/mol. The third kappa shape index (κ3) is 11.4. The topological polar surface area (TPSA) is 143 Å². The second kappa shape index (κ2) is 14.3. The van der Waals surface area contributed by atoms with Crippen LogP contribution in [0.5, 0.6) is 5.75 Å².